The summed E-state index contributed by atoms with van der Waals surface area (Å²) in [5.74, 6) is 3.80. The van der Waals surface area contributed by atoms with Crippen LogP contribution in [0.5, 0.6) is 0 Å². The predicted molar refractivity (Wildman–Crippen MR) is 173 cm³/mol. The molecular weight excluding hydrogens is 510 g/mol. The van der Waals surface area contributed by atoms with Gasteiger partial charge in [0.05, 0.1) is 34.0 Å². The highest BCUT2D eigenvalue weighted by molar-refractivity contribution is 6.10. The second kappa shape index (κ2) is 8.35. The van der Waals surface area contributed by atoms with E-state index in [1.54, 1.807) is 5.56 Å². The van der Waals surface area contributed by atoms with E-state index in [1.165, 1.54) is 82.1 Å². The molecule has 0 aliphatic heterocycles. The molecule has 0 N–H and O–H groups in total. The Morgan fingerprint density at radius 1 is 0.524 bits per heavy atom. The quantitative estimate of drug-likeness (QED) is 0.217. The molecule has 42 heavy (non-hydrogen) atoms. The summed E-state index contributed by atoms with van der Waals surface area (Å²) in [6.07, 6.45) is 10.7. The van der Waals surface area contributed by atoms with Gasteiger partial charge in [0.1, 0.15) is 5.82 Å². The third-order valence-corrected chi connectivity index (χ3v) is 11.1. The van der Waals surface area contributed by atoms with Crippen LogP contribution in [0.2, 0.25) is 0 Å². The third-order valence-electron chi connectivity index (χ3n) is 11.1. The summed E-state index contributed by atoms with van der Waals surface area (Å²) in [5, 5.41) is 5.24. The SMILES string of the molecule is c1ccc2c(c1)c1cc(C34CC5CC(CC(C5)C3)C4)ccc1n2-c1ccc(-n2c3ccccc3c3ccccc32)nc1. The molecule has 4 fully saturated rings. The molecule has 3 nitrogen and oxygen atoms in total. The van der Waals surface area contributed by atoms with Crippen molar-refractivity contribution >= 4 is 43.6 Å². The maximum absolute atomic E-state index is 5.08. The van der Waals surface area contributed by atoms with Crippen molar-refractivity contribution < 1.29 is 0 Å². The minimum absolute atomic E-state index is 0.400. The van der Waals surface area contributed by atoms with E-state index in [0.717, 1.165) is 29.3 Å². The minimum atomic E-state index is 0.400. The van der Waals surface area contributed by atoms with Crippen molar-refractivity contribution in [2.75, 3.05) is 0 Å². The van der Waals surface area contributed by atoms with E-state index in [4.69, 9.17) is 4.98 Å². The maximum Gasteiger partial charge on any atom is 0.137 e. The highest BCUT2D eigenvalue weighted by Gasteiger charge is 2.51. The number of hydrogen-bond acceptors (Lipinski definition) is 1. The van der Waals surface area contributed by atoms with Crippen molar-refractivity contribution in [3.05, 3.63) is 115 Å². The molecule has 0 spiro atoms. The van der Waals surface area contributed by atoms with Gasteiger partial charge in [0.25, 0.3) is 0 Å². The highest BCUT2D eigenvalue weighted by atomic mass is 15.1. The van der Waals surface area contributed by atoms with Crippen LogP contribution in [0, 0.1) is 17.8 Å². The zero-order chi connectivity index (χ0) is 27.4. The summed E-state index contributed by atoms with van der Waals surface area (Å²) < 4.78 is 4.70. The first-order valence-electron chi connectivity index (χ1n) is 15.7. The van der Waals surface area contributed by atoms with E-state index in [2.05, 4.69) is 118 Å². The van der Waals surface area contributed by atoms with Gasteiger partial charge in [-0.2, -0.15) is 0 Å². The Balaban J connectivity index is 1.12. The summed E-state index contributed by atoms with van der Waals surface area (Å²) in [7, 11) is 0. The van der Waals surface area contributed by atoms with Crippen molar-refractivity contribution in [1.29, 1.82) is 0 Å². The number of hydrogen-bond donors (Lipinski definition) is 0. The monoisotopic (exact) mass is 543 g/mol. The van der Waals surface area contributed by atoms with Crippen LogP contribution in [-0.4, -0.2) is 14.1 Å². The van der Waals surface area contributed by atoms with Crippen LogP contribution in [0.3, 0.4) is 0 Å². The van der Waals surface area contributed by atoms with Crippen LogP contribution in [0.25, 0.3) is 55.1 Å². The molecular formula is C39H33N3. The van der Waals surface area contributed by atoms with Gasteiger partial charge in [-0.05, 0) is 110 Å². The van der Waals surface area contributed by atoms with Crippen molar-refractivity contribution in [2.45, 2.75) is 43.9 Å². The number of rotatable bonds is 3. The van der Waals surface area contributed by atoms with Crippen molar-refractivity contribution in [3.8, 4) is 11.5 Å². The van der Waals surface area contributed by atoms with Gasteiger partial charge in [-0.15, -0.1) is 0 Å². The molecule has 4 aliphatic carbocycles. The van der Waals surface area contributed by atoms with Gasteiger partial charge in [0.15, 0.2) is 0 Å². The van der Waals surface area contributed by atoms with Gasteiger partial charge < -0.3 is 4.57 Å². The molecule has 4 saturated carbocycles. The van der Waals surface area contributed by atoms with Crippen LogP contribution in [-0.2, 0) is 5.41 Å². The molecule has 4 aromatic carbocycles. The van der Waals surface area contributed by atoms with E-state index in [9.17, 15) is 0 Å². The molecule has 0 atom stereocenters. The highest BCUT2D eigenvalue weighted by Crippen LogP contribution is 2.61. The first kappa shape index (κ1) is 23.2. The molecule has 0 amide bonds. The Kier molecular flexibility index (Phi) is 4.62. The Labute approximate surface area is 245 Å². The van der Waals surface area contributed by atoms with Crippen molar-refractivity contribution in [2.24, 2.45) is 17.8 Å². The number of aromatic nitrogens is 3. The van der Waals surface area contributed by atoms with E-state index in [-0.39, 0.29) is 0 Å². The molecule has 0 unspecified atom stereocenters. The van der Waals surface area contributed by atoms with Crippen LogP contribution < -0.4 is 0 Å². The lowest BCUT2D eigenvalue weighted by Gasteiger charge is -2.57. The van der Waals surface area contributed by atoms with Crippen LogP contribution >= 0.6 is 0 Å². The van der Waals surface area contributed by atoms with Crippen LogP contribution in [0.4, 0.5) is 0 Å². The van der Waals surface area contributed by atoms with Crippen LogP contribution in [0.15, 0.2) is 109 Å². The number of benzene rings is 4. The van der Waals surface area contributed by atoms with Gasteiger partial charge in [-0.1, -0.05) is 60.7 Å². The zero-order valence-electron chi connectivity index (χ0n) is 23.7. The molecule has 0 radical (unpaired) electrons. The molecule has 4 bridgehead atoms. The fourth-order valence-electron chi connectivity index (χ4n) is 9.86. The molecule has 204 valence electrons. The summed E-state index contributed by atoms with van der Waals surface area (Å²) in [6.45, 7) is 0. The average molecular weight is 544 g/mol. The fourth-order valence-corrected chi connectivity index (χ4v) is 9.86. The number of pyridine rings is 1. The largest absolute Gasteiger partial charge is 0.308 e. The Hall–Kier alpha value is -4.37. The zero-order valence-corrected chi connectivity index (χ0v) is 23.7. The van der Waals surface area contributed by atoms with Gasteiger partial charge in [0.2, 0.25) is 0 Å². The first-order valence-corrected chi connectivity index (χ1v) is 15.7. The molecule has 3 heterocycles. The summed E-state index contributed by atoms with van der Waals surface area (Å²) >= 11 is 0. The fraction of sp³-hybridized carbons (Fsp3) is 0.256. The molecule has 3 heteroatoms. The smallest absolute Gasteiger partial charge is 0.137 e. The normalized spacial score (nSPS) is 24.9. The standard InChI is InChI=1S/C39H33N3/c1-5-11-35-30(7-1)31-8-2-6-12-36(31)42(35)38-16-14-29(24-40-38)41-34-10-4-3-9-32(34)33-20-28(13-15-37(33)41)39-21-25-17-26(22-39)19-27(18-25)23-39/h1-16,20,24-27H,17-19,21-23H2. The number of para-hydroxylation sites is 3. The van der Waals surface area contributed by atoms with E-state index >= 15 is 0 Å². The molecule has 3 aromatic heterocycles. The second-order valence-corrected chi connectivity index (χ2v) is 13.5. The van der Waals surface area contributed by atoms with E-state index < -0.39 is 0 Å². The van der Waals surface area contributed by atoms with Gasteiger partial charge in [0, 0.05) is 21.5 Å². The lowest BCUT2D eigenvalue weighted by Crippen LogP contribution is -2.48. The predicted octanol–water partition coefficient (Wildman–Crippen LogP) is 9.74. The van der Waals surface area contributed by atoms with E-state index in [0.29, 0.717) is 5.41 Å². The Morgan fingerprint density at radius 3 is 1.62 bits per heavy atom. The third kappa shape index (κ3) is 3.14. The van der Waals surface area contributed by atoms with Gasteiger partial charge in [-0.3, -0.25) is 4.57 Å². The lowest BCUT2D eigenvalue weighted by atomic mass is 9.48. The maximum atomic E-state index is 5.08. The van der Waals surface area contributed by atoms with Crippen molar-refractivity contribution in [3.63, 3.8) is 0 Å². The van der Waals surface area contributed by atoms with Gasteiger partial charge >= 0.3 is 0 Å². The lowest BCUT2D eigenvalue weighted by molar-refractivity contribution is -0.00512. The first-order chi connectivity index (χ1) is 20.7. The number of fused-ring (bicyclic) bond motifs is 6. The number of nitrogens with zero attached hydrogens (tertiary/aromatic N) is 3. The second-order valence-electron chi connectivity index (χ2n) is 13.5. The van der Waals surface area contributed by atoms with E-state index in [1.807, 2.05) is 0 Å². The Morgan fingerprint density at radius 2 is 1.05 bits per heavy atom. The molecule has 7 aromatic rings. The van der Waals surface area contributed by atoms with Crippen LogP contribution in [0.1, 0.15) is 44.1 Å². The summed E-state index contributed by atoms with van der Waals surface area (Å²) in [5.41, 5.74) is 8.00. The summed E-state index contributed by atoms with van der Waals surface area (Å²) in [4.78, 5) is 5.08. The Bertz CT molecular complexity index is 2090. The molecule has 11 rings (SSSR count). The average Bonchev–Trinajstić information content (AvgIpc) is 3.53. The molecule has 4 aliphatic rings. The topological polar surface area (TPSA) is 22.8 Å². The van der Waals surface area contributed by atoms with Crippen molar-refractivity contribution in [1.82, 2.24) is 14.1 Å². The molecule has 0 saturated heterocycles. The minimum Gasteiger partial charge on any atom is -0.308 e. The summed E-state index contributed by atoms with van der Waals surface area (Å²) in [6, 6.07) is 38.1. The van der Waals surface area contributed by atoms with Gasteiger partial charge in [-0.25, -0.2) is 4.98 Å².